The van der Waals surface area contributed by atoms with Crippen molar-refractivity contribution >= 4 is 11.9 Å². The van der Waals surface area contributed by atoms with E-state index in [4.69, 9.17) is 9.84 Å². The first-order chi connectivity index (χ1) is 7.66. The second-order valence-electron chi connectivity index (χ2n) is 3.88. The van der Waals surface area contributed by atoms with Crippen LogP contribution in [0.4, 0.5) is 0 Å². The predicted molar refractivity (Wildman–Crippen MR) is 61.2 cm³/mol. The molecule has 0 aliphatic heterocycles. The monoisotopic (exact) mass is 230 g/mol. The zero-order valence-corrected chi connectivity index (χ0v) is 10.0. The van der Waals surface area contributed by atoms with Crippen LogP contribution in [0, 0.1) is 0 Å². The average molecular weight is 230 g/mol. The minimum Gasteiger partial charge on any atom is -0.481 e. The Morgan fingerprint density at radius 1 is 1.00 bits per heavy atom. The molecule has 0 bridgehead atoms. The summed E-state index contributed by atoms with van der Waals surface area (Å²) in [5.74, 6) is -0.900. The van der Waals surface area contributed by atoms with E-state index in [-0.39, 0.29) is 12.4 Å². The summed E-state index contributed by atoms with van der Waals surface area (Å²) in [5, 5.41) is 8.39. The number of ether oxygens (including phenoxy) is 1. The molecule has 1 N–H and O–H groups in total. The molecule has 4 heteroatoms. The third-order valence-corrected chi connectivity index (χ3v) is 2.28. The van der Waals surface area contributed by atoms with Gasteiger partial charge < -0.3 is 9.84 Å². The third-order valence-electron chi connectivity index (χ3n) is 2.28. The fourth-order valence-corrected chi connectivity index (χ4v) is 1.33. The molecule has 0 aromatic heterocycles. The second-order valence-corrected chi connectivity index (χ2v) is 3.88. The van der Waals surface area contributed by atoms with E-state index in [0.29, 0.717) is 19.4 Å². The molecule has 0 rings (SSSR count). The van der Waals surface area contributed by atoms with Crippen LogP contribution in [-0.4, -0.2) is 23.7 Å². The maximum Gasteiger partial charge on any atom is 0.305 e. The zero-order valence-electron chi connectivity index (χ0n) is 10.0. The molecule has 0 amide bonds. The highest BCUT2D eigenvalue weighted by molar-refractivity contribution is 5.69. The minimum atomic E-state index is -0.767. The van der Waals surface area contributed by atoms with Crippen molar-refractivity contribution in [3.05, 3.63) is 0 Å². The molecular weight excluding hydrogens is 208 g/mol. The average Bonchev–Trinajstić information content (AvgIpc) is 2.23. The van der Waals surface area contributed by atoms with Crippen LogP contribution in [0.5, 0.6) is 0 Å². The number of rotatable bonds is 10. The van der Waals surface area contributed by atoms with Crippen molar-refractivity contribution in [2.75, 3.05) is 6.61 Å². The first kappa shape index (κ1) is 14.9. The number of carbonyl (C=O) groups excluding carboxylic acids is 1. The van der Waals surface area contributed by atoms with Crippen molar-refractivity contribution in [1.29, 1.82) is 0 Å². The number of carbonyl (C=O) groups is 2. The molecule has 0 saturated heterocycles. The number of unbranched alkanes of at least 4 members (excludes halogenated alkanes) is 4. The van der Waals surface area contributed by atoms with Gasteiger partial charge in [-0.25, -0.2) is 0 Å². The number of hydrogen-bond donors (Lipinski definition) is 1. The van der Waals surface area contributed by atoms with Gasteiger partial charge in [0, 0.05) is 12.8 Å². The van der Waals surface area contributed by atoms with E-state index >= 15 is 0 Å². The lowest BCUT2D eigenvalue weighted by molar-refractivity contribution is -0.144. The summed E-state index contributed by atoms with van der Waals surface area (Å²) in [4.78, 5) is 21.3. The molecule has 94 valence electrons. The summed E-state index contributed by atoms with van der Waals surface area (Å²) in [5.41, 5.74) is 0. The maximum atomic E-state index is 11.1. The summed E-state index contributed by atoms with van der Waals surface area (Å²) < 4.78 is 5.01. The molecule has 0 atom stereocenters. The predicted octanol–water partition coefficient (Wildman–Crippen LogP) is 2.75. The van der Waals surface area contributed by atoms with Gasteiger partial charge in [-0.05, 0) is 25.7 Å². The summed E-state index contributed by atoms with van der Waals surface area (Å²) in [6.45, 7) is 2.51. The van der Waals surface area contributed by atoms with Crippen LogP contribution in [0.2, 0.25) is 0 Å². The van der Waals surface area contributed by atoms with Gasteiger partial charge in [0.2, 0.25) is 0 Å². The third kappa shape index (κ3) is 11.0. The van der Waals surface area contributed by atoms with Gasteiger partial charge in [-0.15, -0.1) is 0 Å². The van der Waals surface area contributed by atoms with Crippen molar-refractivity contribution in [3.63, 3.8) is 0 Å². The largest absolute Gasteiger partial charge is 0.481 e. The molecule has 0 aliphatic rings. The van der Waals surface area contributed by atoms with E-state index in [1.165, 1.54) is 0 Å². The number of hydrogen-bond acceptors (Lipinski definition) is 3. The Balaban J connectivity index is 3.18. The lowest BCUT2D eigenvalue weighted by Gasteiger charge is -2.03. The molecule has 0 aromatic rings. The van der Waals surface area contributed by atoms with Gasteiger partial charge in [-0.1, -0.05) is 19.8 Å². The minimum absolute atomic E-state index is 0.133. The zero-order chi connectivity index (χ0) is 12.2. The fraction of sp³-hybridized carbons (Fsp3) is 0.833. The van der Waals surface area contributed by atoms with E-state index in [1.54, 1.807) is 0 Å². The van der Waals surface area contributed by atoms with Crippen LogP contribution >= 0.6 is 0 Å². The molecule has 0 spiro atoms. The first-order valence-electron chi connectivity index (χ1n) is 6.04. The number of carboxylic acids is 1. The molecule has 0 fully saturated rings. The molecular formula is C12H22O4. The Morgan fingerprint density at radius 3 is 2.31 bits per heavy atom. The van der Waals surface area contributed by atoms with Crippen molar-refractivity contribution in [1.82, 2.24) is 0 Å². The summed E-state index contributed by atoms with van der Waals surface area (Å²) in [6.07, 6.45) is 5.97. The highest BCUT2D eigenvalue weighted by Gasteiger charge is 2.02. The van der Waals surface area contributed by atoms with Crippen LogP contribution in [0.25, 0.3) is 0 Å². The van der Waals surface area contributed by atoms with Crippen molar-refractivity contribution in [2.45, 2.75) is 58.3 Å². The molecule has 0 aromatic carbocycles. The Bertz CT molecular complexity index is 201. The Kier molecular flexibility index (Phi) is 9.76. The molecule has 0 unspecified atom stereocenters. The molecule has 4 nitrogen and oxygen atoms in total. The molecule has 0 aliphatic carbocycles. The van der Waals surface area contributed by atoms with Gasteiger partial charge in [-0.2, -0.15) is 0 Å². The Labute approximate surface area is 97.0 Å². The SMILES string of the molecule is CCCCCC(=O)OCCCCCC(=O)O. The van der Waals surface area contributed by atoms with Crippen molar-refractivity contribution in [3.8, 4) is 0 Å². The second kappa shape index (κ2) is 10.5. The van der Waals surface area contributed by atoms with Crippen molar-refractivity contribution in [2.24, 2.45) is 0 Å². The quantitative estimate of drug-likeness (QED) is 0.463. The highest BCUT2D eigenvalue weighted by Crippen LogP contribution is 2.03. The first-order valence-corrected chi connectivity index (χ1v) is 6.04. The van der Waals surface area contributed by atoms with E-state index in [1.807, 2.05) is 0 Å². The normalized spacial score (nSPS) is 10.1. The molecule has 16 heavy (non-hydrogen) atoms. The number of aliphatic carboxylic acids is 1. The van der Waals surface area contributed by atoms with Gasteiger partial charge in [0.25, 0.3) is 0 Å². The van der Waals surface area contributed by atoms with Crippen LogP contribution in [0.1, 0.15) is 58.3 Å². The maximum absolute atomic E-state index is 11.1. The van der Waals surface area contributed by atoms with Gasteiger partial charge in [0.1, 0.15) is 0 Å². The van der Waals surface area contributed by atoms with Crippen molar-refractivity contribution < 1.29 is 19.4 Å². The van der Waals surface area contributed by atoms with E-state index < -0.39 is 5.97 Å². The highest BCUT2D eigenvalue weighted by atomic mass is 16.5. The lowest BCUT2D eigenvalue weighted by atomic mass is 10.2. The van der Waals surface area contributed by atoms with Crippen LogP contribution in [0.3, 0.4) is 0 Å². The fourth-order valence-electron chi connectivity index (χ4n) is 1.33. The number of esters is 1. The number of carboxylic acid groups (broad SMARTS) is 1. The van der Waals surface area contributed by atoms with Crippen LogP contribution in [-0.2, 0) is 14.3 Å². The summed E-state index contributed by atoms with van der Waals surface area (Å²) >= 11 is 0. The lowest BCUT2D eigenvalue weighted by Crippen LogP contribution is -2.05. The topological polar surface area (TPSA) is 63.6 Å². The van der Waals surface area contributed by atoms with E-state index in [9.17, 15) is 9.59 Å². The van der Waals surface area contributed by atoms with E-state index in [0.717, 1.165) is 32.1 Å². The van der Waals surface area contributed by atoms with Gasteiger partial charge in [0.05, 0.1) is 6.61 Å². The molecule has 0 heterocycles. The van der Waals surface area contributed by atoms with Gasteiger partial charge >= 0.3 is 11.9 Å². The Morgan fingerprint density at radius 2 is 1.69 bits per heavy atom. The summed E-state index contributed by atoms with van der Waals surface area (Å²) in [6, 6.07) is 0. The van der Waals surface area contributed by atoms with Gasteiger partial charge in [0.15, 0.2) is 0 Å². The van der Waals surface area contributed by atoms with Crippen LogP contribution in [0.15, 0.2) is 0 Å². The summed E-state index contributed by atoms with van der Waals surface area (Å²) in [7, 11) is 0. The molecule has 0 saturated carbocycles. The van der Waals surface area contributed by atoms with E-state index in [2.05, 4.69) is 6.92 Å². The standard InChI is InChI=1S/C12H22O4/c1-2-3-5-9-12(15)16-10-7-4-6-8-11(13)14/h2-10H2,1H3,(H,13,14). The molecule has 0 radical (unpaired) electrons. The van der Waals surface area contributed by atoms with Gasteiger partial charge in [-0.3, -0.25) is 9.59 Å². The van der Waals surface area contributed by atoms with Crippen LogP contribution < -0.4 is 0 Å². The smallest absolute Gasteiger partial charge is 0.305 e. The Hall–Kier alpha value is -1.06.